The third-order valence-corrected chi connectivity index (χ3v) is 5.53. The summed E-state index contributed by atoms with van der Waals surface area (Å²) in [7, 11) is 0. The smallest absolute Gasteiger partial charge is 0.310 e. The monoisotopic (exact) mass is 342 g/mol. The van der Waals surface area contributed by atoms with Crippen molar-refractivity contribution < 1.29 is 18.7 Å². The second-order valence-electron chi connectivity index (χ2n) is 8.04. The van der Waals surface area contributed by atoms with Crippen molar-refractivity contribution in [3.63, 3.8) is 0 Å². The van der Waals surface area contributed by atoms with Crippen molar-refractivity contribution in [3.05, 3.63) is 47.0 Å². The summed E-state index contributed by atoms with van der Waals surface area (Å²) in [6, 6.07) is 3.66. The zero-order valence-corrected chi connectivity index (χ0v) is 15.6. The van der Waals surface area contributed by atoms with Gasteiger partial charge in [-0.1, -0.05) is 25.5 Å². The molecule has 0 amide bonds. The Balaban J connectivity index is 1.69. The minimum Gasteiger partial charge on any atom is -0.469 e. The summed E-state index contributed by atoms with van der Waals surface area (Å²) in [5.74, 6) is 0.696. The van der Waals surface area contributed by atoms with Crippen molar-refractivity contribution in [1.29, 1.82) is 0 Å². The van der Waals surface area contributed by atoms with E-state index in [-0.39, 0.29) is 35.4 Å². The number of carbonyl (C=O) groups excluding carboxylic acids is 2. The average molecular weight is 342 g/mol. The molecule has 0 radical (unpaired) electrons. The molecule has 0 aliphatic heterocycles. The number of allylic oxidation sites excluding steroid dienone is 3. The molecule has 3 atom stereocenters. The molecule has 4 nitrogen and oxygen atoms in total. The number of Topliss-reactive ketones (excluding diaryl/α,β-unsaturated/α-hetero) is 1. The van der Waals surface area contributed by atoms with E-state index < -0.39 is 6.10 Å². The molecule has 1 saturated carbocycles. The Labute approximate surface area is 148 Å². The Kier molecular flexibility index (Phi) is 4.48. The molecule has 0 spiro atoms. The molecule has 1 aromatic rings. The normalized spacial score (nSPS) is 27.4. The molecular weight excluding hydrogens is 316 g/mol. The Morgan fingerprint density at radius 2 is 2.12 bits per heavy atom. The quantitative estimate of drug-likeness (QED) is 0.592. The lowest BCUT2D eigenvalue weighted by molar-refractivity contribution is -0.150. The molecule has 0 aromatic carbocycles. The first-order chi connectivity index (χ1) is 11.7. The third kappa shape index (κ3) is 3.35. The number of rotatable bonds is 5. The largest absolute Gasteiger partial charge is 0.469 e. The molecule has 4 heteroatoms. The Hall–Kier alpha value is -2.10. The van der Waals surface area contributed by atoms with E-state index >= 15 is 0 Å². The first-order valence-corrected chi connectivity index (χ1v) is 8.82. The highest BCUT2D eigenvalue weighted by Gasteiger charge is 2.61. The number of hydrogen-bond acceptors (Lipinski definition) is 4. The van der Waals surface area contributed by atoms with Crippen LogP contribution >= 0.6 is 0 Å². The molecule has 2 aliphatic rings. The molecule has 3 unspecified atom stereocenters. The Bertz CT molecular complexity index is 745. The van der Waals surface area contributed by atoms with Gasteiger partial charge in [0, 0.05) is 12.0 Å². The van der Waals surface area contributed by atoms with Gasteiger partial charge in [-0.15, -0.1) is 0 Å². The first-order valence-electron chi connectivity index (χ1n) is 8.82. The van der Waals surface area contributed by atoms with Crippen LogP contribution in [0.4, 0.5) is 0 Å². The van der Waals surface area contributed by atoms with Crippen molar-refractivity contribution in [1.82, 2.24) is 0 Å². The van der Waals surface area contributed by atoms with Gasteiger partial charge in [-0.05, 0) is 49.8 Å². The highest BCUT2D eigenvalue weighted by molar-refractivity contribution is 6.00. The fraction of sp³-hybridized carbons (Fsp3) is 0.524. The van der Waals surface area contributed by atoms with E-state index in [0.29, 0.717) is 12.0 Å². The third-order valence-electron chi connectivity index (χ3n) is 5.53. The fourth-order valence-corrected chi connectivity index (χ4v) is 3.83. The van der Waals surface area contributed by atoms with Crippen LogP contribution in [0.2, 0.25) is 0 Å². The van der Waals surface area contributed by atoms with Gasteiger partial charge >= 0.3 is 5.97 Å². The number of hydrogen-bond donors (Lipinski definition) is 0. The fourth-order valence-electron chi connectivity index (χ4n) is 3.83. The van der Waals surface area contributed by atoms with Crippen molar-refractivity contribution in [2.24, 2.45) is 17.3 Å². The van der Waals surface area contributed by atoms with E-state index in [0.717, 1.165) is 11.3 Å². The summed E-state index contributed by atoms with van der Waals surface area (Å²) in [5, 5.41) is 0. The number of carbonyl (C=O) groups is 2. The van der Waals surface area contributed by atoms with Crippen molar-refractivity contribution in [3.8, 4) is 0 Å². The van der Waals surface area contributed by atoms with Crippen LogP contribution in [0.15, 0.2) is 45.6 Å². The Morgan fingerprint density at radius 1 is 1.40 bits per heavy atom. The topological polar surface area (TPSA) is 56.5 Å². The maximum atomic E-state index is 12.6. The van der Waals surface area contributed by atoms with E-state index in [2.05, 4.69) is 19.9 Å². The summed E-state index contributed by atoms with van der Waals surface area (Å²) in [5.41, 5.74) is 2.70. The zero-order chi connectivity index (χ0) is 18.4. The van der Waals surface area contributed by atoms with E-state index in [1.165, 1.54) is 5.57 Å². The summed E-state index contributed by atoms with van der Waals surface area (Å²) in [4.78, 5) is 25.0. The zero-order valence-electron chi connectivity index (χ0n) is 15.6. The molecule has 0 N–H and O–H groups in total. The molecule has 134 valence electrons. The first kappa shape index (κ1) is 17.7. The second kappa shape index (κ2) is 6.32. The summed E-state index contributed by atoms with van der Waals surface area (Å²) in [6.45, 7) is 10.1. The summed E-state index contributed by atoms with van der Waals surface area (Å²) < 4.78 is 11.1. The van der Waals surface area contributed by atoms with Crippen molar-refractivity contribution in [2.45, 2.75) is 53.6 Å². The van der Waals surface area contributed by atoms with Crippen LogP contribution in [-0.4, -0.2) is 17.9 Å². The van der Waals surface area contributed by atoms with E-state index in [1.807, 2.05) is 26.8 Å². The molecule has 3 rings (SSSR count). The van der Waals surface area contributed by atoms with Crippen LogP contribution in [-0.2, 0) is 20.7 Å². The van der Waals surface area contributed by atoms with E-state index in [4.69, 9.17) is 9.15 Å². The molecular formula is C21H26O4. The van der Waals surface area contributed by atoms with Gasteiger partial charge in [-0.2, -0.15) is 0 Å². The van der Waals surface area contributed by atoms with Gasteiger partial charge in [0.15, 0.2) is 5.78 Å². The van der Waals surface area contributed by atoms with E-state index in [9.17, 15) is 9.59 Å². The van der Waals surface area contributed by atoms with Crippen LogP contribution < -0.4 is 0 Å². The van der Waals surface area contributed by atoms with Crippen LogP contribution in [0.3, 0.4) is 0 Å². The standard InChI is InChI=1S/C21H26O4/c1-12(2)9-16-19(21(16,4)5)20(23)25-18-11-17(22)15(13(18)3)10-14-7-6-8-24-14/h6-9,16,18-19H,10-11H2,1-5H3. The van der Waals surface area contributed by atoms with E-state index in [1.54, 1.807) is 12.3 Å². The van der Waals surface area contributed by atoms with Crippen molar-refractivity contribution >= 4 is 11.8 Å². The summed E-state index contributed by atoms with van der Waals surface area (Å²) in [6.07, 6.45) is 4.01. The maximum Gasteiger partial charge on any atom is 0.310 e. The van der Waals surface area contributed by atoms with Crippen molar-refractivity contribution in [2.75, 3.05) is 0 Å². The molecule has 2 aliphatic carbocycles. The molecule has 1 heterocycles. The van der Waals surface area contributed by atoms with Gasteiger partial charge in [0.25, 0.3) is 0 Å². The van der Waals surface area contributed by atoms with Crippen LogP contribution in [0.1, 0.15) is 46.8 Å². The predicted octanol–water partition coefficient (Wildman–Crippen LogP) is 4.26. The molecule has 0 saturated heterocycles. The number of furan rings is 1. The minimum absolute atomic E-state index is 0.0441. The number of esters is 1. The number of ether oxygens (including phenoxy) is 1. The van der Waals surface area contributed by atoms with Gasteiger partial charge in [-0.25, -0.2) is 0 Å². The molecule has 1 fully saturated rings. The lowest BCUT2D eigenvalue weighted by Gasteiger charge is -2.13. The van der Waals surface area contributed by atoms with Gasteiger partial charge in [0.1, 0.15) is 11.9 Å². The minimum atomic E-state index is -0.436. The second-order valence-corrected chi connectivity index (χ2v) is 8.04. The number of ketones is 1. The SMILES string of the molecule is CC(C)=CC1C(C(=O)OC2CC(=O)C(Cc3ccco3)=C2C)C1(C)C. The van der Waals surface area contributed by atoms with Crippen LogP contribution in [0.5, 0.6) is 0 Å². The highest BCUT2D eigenvalue weighted by Crippen LogP contribution is 2.60. The van der Waals surface area contributed by atoms with Gasteiger partial charge in [-0.3, -0.25) is 9.59 Å². The van der Waals surface area contributed by atoms with Crippen LogP contribution in [0, 0.1) is 17.3 Å². The predicted molar refractivity (Wildman–Crippen MR) is 94.8 cm³/mol. The van der Waals surface area contributed by atoms with Gasteiger partial charge in [0.2, 0.25) is 0 Å². The molecule has 25 heavy (non-hydrogen) atoms. The Morgan fingerprint density at radius 3 is 2.72 bits per heavy atom. The van der Waals surface area contributed by atoms with Gasteiger partial charge in [0.05, 0.1) is 18.6 Å². The summed E-state index contributed by atoms with van der Waals surface area (Å²) >= 11 is 0. The molecule has 0 bridgehead atoms. The van der Waals surface area contributed by atoms with Crippen LogP contribution in [0.25, 0.3) is 0 Å². The maximum absolute atomic E-state index is 12.6. The molecule has 1 aromatic heterocycles. The average Bonchev–Trinajstić information content (AvgIpc) is 2.87. The lowest BCUT2D eigenvalue weighted by atomic mass is 10.1. The highest BCUT2D eigenvalue weighted by atomic mass is 16.5. The van der Waals surface area contributed by atoms with Gasteiger partial charge < -0.3 is 9.15 Å². The lowest BCUT2D eigenvalue weighted by Crippen LogP contribution is -2.20.